The number of rotatable bonds is 2. The third kappa shape index (κ3) is 3.35. The van der Waals surface area contributed by atoms with Crippen LogP contribution in [-0.2, 0) is 14.3 Å². The third-order valence-electron chi connectivity index (χ3n) is 2.62. The van der Waals surface area contributed by atoms with E-state index in [1.54, 1.807) is 20.8 Å². The van der Waals surface area contributed by atoms with Gasteiger partial charge in [0.15, 0.2) is 0 Å². The van der Waals surface area contributed by atoms with Crippen LogP contribution in [0.2, 0.25) is 0 Å². The first-order chi connectivity index (χ1) is 8.11. The highest BCUT2D eigenvalue weighted by atomic mass is 16.6. The van der Waals surface area contributed by atoms with Gasteiger partial charge in [-0.25, -0.2) is 9.59 Å². The first-order valence-electron chi connectivity index (χ1n) is 5.63. The Bertz CT molecular complexity index is 374. The molecule has 7 nitrogen and oxygen atoms in total. The zero-order chi connectivity index (χ0) is 14.1. The molecule has 0 radical (unpaired) electrons. The van der Waals surface area contributed by atoms with Gasteiger partial charge in [-0.1, -0.05) is 0 Å². The van der Waals surface area contributed by atoms with Crippen LogP contribution < -0.4 is 5.73 Å². The molecule has 0 aromatic carbocycles. The van der Waals surface area contributed by atoms with Crippen molar-refractivity contribution in [3.63, 3.8) is 0 Å². The Hall–Kier alpha value is -1.79. The molecule has 1 saturated heterocycles. The molecule has 1 fully saturated rings. The van der Waals surface area contributed by atoms with E-state index < -0.39 is 35.5 Å². The van der Waals surface area contributed by atoms with Gasteiger partial charge in [-0.05, 0) is 27.2 Å². The average Bonchev–Trinajstić information content (AvgIpc) is 2.58. The average molecular weight is 258 g/mol. The van der Waals surface area contributed by atoms with E-state index in [4.69, 9.17) is 15.6 Å². The molecule has 102 valence electrons. The van der Waals surface area contributed by atoms with Gasteiger partial charge in [-0.2, -0.15) is 0 Å². The molecule has 1 aliphatic heterocycles. The number of likely N-dealkylation sites (tertiary alicyclic amines) is 1. The Morgan fingerprint density at radius 1 is 1.33 bits per heavy atom. The van der Waals surface area contributed by atoms with E-state index in [1.165, 1.54) is 0 Å². The van der Waals surface area contributed by atoms with Crippen LogP contribution in [0.4, 0.5) is 4.79 Å². The number of hydrogen-bond donors (Lipinski definition) is 2. The summed E-state index contributed by atoms with van der Waals surface area (Å²) in [6.07, 6.45) is -0.706. The van der Waals surface area contributed by atoms with Gasteiger partial charge in [0, 0.05) is 6.54 Å². The fourth-order valence-corrected chi connectivity index (χ4v) is 1.80. The molecule has 1 unspecified atom stereocenters. The minimum Gasteiger partial charge on any atom is -0.480 e. The molecule has 0 spiro atoms. The SMILES string of the molecule is CC(C)(C)OC(=O)N1CC(C(N)=O)C[C@H]1C(=O)O. The van der Waals surface area contributed by atoms with Gasteiger partial charge in [0.05, 0.1) is 5.92 Å². The number of nitrogens with zero attached hydrogens (tertiary/aromatic N) is 1. The molecule has 1 aliphatic rings. The van der Waals surface area contributed by atoms with Crippen molar-refractivity contribution in [3.8, 4) is 0 Å². The fourth-order valence-electron chi connectivity index (χ4n) is 1.80. The monoisotopic (exact) mass is 258 g/mol. The van der Waals surface area contributed by atoms with E-state index in [1.807, 2.05) is 0 Å². The van der Waals surface area contributed by atoms with Crippen molar-refractivity contribution in [1.82, 2.24) is 4.90 Å². The van der Waals surface area contributed by atoms with Gasteiger partial charge in [-0.3, -0.25) is 9.69 Å². The first-order valence-corrected chi connectivity index (χ1v) is 5.63. The van der Waals surface area contributed by atoms with E-state index in [2.05, 4.69) is 0 Å². The number of nitrogens with two attached hydrogens (primary N) is 1. The molecule has 7 heteroatoms. The normalized spacial score (nSPS) is 23.8. The number of amides is 2. The Morgan fingerprint density at radius 2 is 1.89 bits per heavy atom. The molecule has 2 atom stereocenters. The summed E-state index contributed by atoms with van der Waals surface area (Å²) in [5.41, 5.74) is 4.42. The maximum absolute atomic E-state index is 11.8. The van der Waals surface area contributed by atoms with Gasteiger partial charge in [-0.15, -0.1) is 0 Å². The zero-order valence-electron chi connectivity index (χ0n) is 10.7. The van der Waals surface area contributed by atoms with E-state index in [0.29, 0.717) is 0 Å². The molecule has 1 heterocycles. The summed E-state index contributed by atoms with van der Waals surface area (Å²) >= 11 is 0. The molecule has 3 N–H and O–H groups in total. The molecular formula is C11H18N2O5. The number of carbonyl (C=O) groups is 3. The minimum atomic E-state index is -1.16. The van der Waals surface area contributed by atoms with Crippen LogP contribution in [0.25, 0.3) is 0 Å². The second-order valence-corrected chi connectivity index (χ2v) is 5.32. The van der Waals surface area contributed by atoms with E-state index in [0.717, 1.165) is 4.90 Å². The van der Waals surface area contributed by atoms with E-state index in [9.17, 15) is 14.4 Å². The van der Waals surface area contributed by atoms with Gasteiger partial charge >= 0.3 is 12.1 Å². The van der Waals surface area contributed by atoms with Crippen molar-refractivity contribution in [1.29, 1.82) is 0 Å². The predicted octanol–water partition coefficient (Wildman–Crippen LogP) is 0.182. The van der Waals surface area contributed by atoms with Gasteiger partial charge in [0.2, 0.25) is 5.91 Å². The van der Waals surface area contributed by atoms with Crippen molar-refractivity contribution < 1.29 is 24.2 Å². The van der Waals surface area contributed by atoms with Gasteiger partial charge in [0.1, 0.15) is 11.6 Å². The number of hydrogen-bond acceptors (Lipinski definition) is 4. The first kappa shape index (κ1) is 14.3. The number of carbonyl (C=O) groups excluding carboxylic acids is 2. The number of carboxylic acid groups (broad SMARTS) is 1. The molecule has 0 aromatic rings. The lowest BCUT2D eigenvalue weighted by atomic mass is 10.1. The van der Waals surface area contributed by atoms with Crippen molar-refractivity contribution in [2.45, 2.75) is 38.8 Å². The summed E-state index contributed by atoms with van der Waals surface area (Å²) in [6.45, 7) is 5.04. The van der Waals surface area contributed by atoms with Crippen LogP contribution in [0.1, 0.15) is 27.2 Å². The largest absolute Gasteiger partial charge is 0.480 e. The highest BCUT2D eigenvalue weighted by Crippen LogP contribution is 2.25. The maximum atomic E-state index is 11.8. The van der Waals surface area contributed by atoms with Gasteiger partial charge in [0.25, 0.3) is 0 Å². The smallest absolute Gasteiger partial charge is 0.411 e. The van der Waals surface area contributed by atoms with Crippen molar-refractivity contribution in [2.75, 3.05) is 6.54 Å². The lowest BCUT2D eigenvalue weighted by Gasteiger charge is -2.26. The van der Waals surface area contributed by atoms with Crippen LogP contribution in [0.3, 0.4) is 0 Å². The van der Waals surface area contributed by atoms with Crippen LogP contribution in [0.15, 0.2) is 0 Å². The van der Waals surface area contributed by atoms with Crippen molar-refractivity contribution in [3.05, 3.63) is 0 Å². The van der Waals surface area contributed by atoms with Crippen molar-refractivity contribution in [2.24, 2.45) is 11.7 Å². The topological polar surface area (TPSA) is 110 Å². The Morgan fingerprint density at radius 3 is 2.28 bits per heavy atom. The molecule has 0 bridgehead atoms. The van der Waals surface area contributed by atoms with E-state index >= 15 is 0 Å². The summed E-state index contributed by atoms with van der Waals surface area (Å²) in [6, 6.07) is -1.06. The van der Waals surface area contributed by atoms with Crippen LogP contribution in [0, 0.1) is 5.92 Å². The molecular weight excluding hydrogens is 240 g/mol. The Labute approximate surface area is 105 Å². The minimum absolute atomic E-state index is 0.0127. The molecule has 18 heavy (non-hydrogen) atoms. The molecule has 0 saturated carbocycles. The maximum Gasteiger partial charge on any atom is 0.411 e. The van der Waals surface area contributed by atoms with Crippen LogP contribution in [0.5, 0.6) is 0 Å². The zero-order valence-corrected chi connectivity index (χ0v) is 10.7. The standard InChI is InChI=1S/C11H18N2O5/c1-11(2,3)18-10(17)13-5-6(8(12)14)4-7(13)9(15)16/h6-7H,4-5H2,1-3H3,(H2,12,14)(H,15,16)/t6?,7-/m0/s1. The molecule has 2 amide bonds. The summed E-state index contributed by atoms with van der Waals surface area (Å²) in [5.74, 6) is -2.41. The second-order valence-electron chi connectivity index (χ2n) is 5.32. The number of aliphatic carboxylic acids is 1. The molecule has 0 aliphatic carbocycles. The molecule has 1 rings (SSSR count). The summed E-state index contributed by atoms with van der Waals surface area (Å²) in [5, 5.41) is 9.03. The summed E-state index contributed by atoms with van der Waals surface area (Å²) < 4.78 is 5.10. The third-order valence-corrected chi connectivity index (χ3v) is 2.62. The Kier molecular flexibility index (Phi) is 3.83. The summed E-state index contributed by atoms with van der Waals surface area (Å²) in [7, 11) is 0. The quantitative estimate of drug-likeness (QED) is 0.734. The number of primary amides is 1. The van der Waals surface area contributed by atoms with Crippen molar-refractivity contribution >= 4 is 18.0 Å². The lowest BCUT2D eigenvalue weighted by Crippen LogP contribution is -2.43. The van der Waals surface area contributed by atoms with E-state index in [-0.39, 0.29) is 13.0 Å². The van der Waals surface area contributed by atoms with Crippen LogP contribution in [-0.4, -0.2) is 46.2 Å². The number of ether oxygens (including phenoxy) is 1. The second kappa shape index (κ2) is 4.83. The Balaban J connectivity index is 2.82. The van der Waals surface area contributed by atoms with Gasteiger partial charge < -0.3 is 15.6 Å². The summed E-state index contributed by atoms with van der Waals surface area (Å²) in [4.78, 5) is 35.0. The lowest BCUT2D eigenvalue weighted by molar-refractivity contribution is -0.142. The number of carboxylic acids is 1. The fraction of sp³-hybridized carbons (Fsp3) is 0.727. The predicted molar refractivity (Wildman–Crippen MR) is 61.7 cm³/mol. The highest BCUT2D eigenvalue weighted by Gasteiger charge is 2.43. The molecule has 0 aromatic heterocycles. The van der Waals surface area contributed by atoms with Crippen LogP contribution >= 0.6 is 0 Å². The highest BCUT2D eigenvalue weighted by molar-refractivity contribution is 5.85.